The van der Waals surface area contributed by atoms with Gasteiger partial charge < -0.3 is 28.8 Å². The molecule has 0 amide bonds. The number of aliphatic hydroxyl groups is 1. The molecule has 1 N–H and O–H groups in total. The zero-order valence-corrected chi connectivity index (χ0v) is 12.8. The van der Waals surface area contributed by atoms with Gasteiger partial charge in [0.15, 0.2) is 0 Å². The molecular weight excluding hydrogens is 268 g/mol. The molecule has 122 valence electrons. The molecule has 0 aromatic rings. The van der Waals surface area contributed by atoms with Crippen LogP contribution in [-0.4, -0.2) is 77.6 Å². The predicted octanol–water partition coefficient (Wildman–Crippen LogP) is 0.244. The molecule has 0 aliphatic heterocycles. The molecule has 0 fully saturated rings. The highest BCUT2D eigenvalue weighted by Gasteiger charge is 1.89. The zero-order chi connectivity index (χ0) is 15.5. The zero-order valence-electron chi connectivity index (χ0n) is 12.8. The minimum absolute atomic E-state index is 0.0684. The first-order valence-corrected chi connectivity index (χ1v) is 6.65. The van der Waals surface area contributed by atoms with Crippen molar-refractivity contribution >= 4 is 5.97 Å². The molecule has 0 aromatic heterocycles. The molecule has 0 saturated carbocycles. The molecule has 7 heteroatoms. The number of esters is 1. The van der Waals surface area contributed by atoms with Gasteiger partial charge >= 0.3 is 5.97 Å². The Balaban J connectivity index is 0. The summed E-state index contributed by atoms with van der Waals surface area (Å²) < 4.78 is 24.3. The fourth-order valence-corrected chi connectivity index (χ4v) is 0.917. The van der Waals surface area contributed by atoms with Gasteiger partial charge in [-0.3, -0.25) is 4.79 Å². The molecule has 0 unspecified atom stereocenters. The van der Waals surface area contributed by atoms with Gasteiger partial charge in [-0.2, -0.15) is 0 Å². The summed E-state index contributed by atoms with van der Waals surface area (Å²) >= 11 is 0. The predicted molar refractivity (Wildman–Crippen MR) is 73.7 cm³/mol. The van der Waals surface area contributed by atoms with Gasteiger partial charge in [-0.15, -0.1) is 0 Å². The quantitative estimate of drug-likeness (QED) is 0.408. The van der Waals surface area contributed by atoms with Gasteiger partial charge in [0.2, 0.25) is 0 Å². The van der Waals surface area contributed by atoms with E-state index in [0.29, 0.717) is 46.2 Å². The fraction of sp³-hybridized carbons (Fsp3) is 0.923. The molecule has 20 heavy (non-hydrogen) atoms. The van der Waals surface area contributed by atoms with Crippen molar-refractivity contribution in [3.8, 4) is 0 Å². The van der Waals surface area contributed by atoms with E-state index >= 15 is 0 Å². The first-order chi connectivity index (χ1) is 9.68. The average Bonchev–Trinajstić information content (AvgIpc) is 2.43. The molecule has 0 aliphatic carbocycles. The third-order valence-electron chi connectivity index (χ3n) is 1.78. The van der Waals surface area contributed by atoms with Crippen molar-refractivity contribution < 1.29 is 33.6 Å². The van der Waals surface area contributed by atoms with Gasteiger partial charge in [-0.05, 0) is 6.92 Å². The van der Waals surface area contributed by atoms with Gasteiger partial charge in [0, 0.05) is 20.6 Å². The van der Waals surface area contributed by atoms with Crippen LogP contribution in [0.2, 0.25) is 0 Å². The van der Waals surface area contributed by atoms with Crippen LogP contribution >= 0.6 is 0 Å². The Morgan fingerprint density at radius 1 is 0.900 bits per heavy atom. The first-order valence-electron chi connectivity index (χ1n) is 6.65. The SMILES string of the molecule is CCOCCOCCOCCO.COCCOC(C)=O. The van der Waals surface area contributed by atoms with Crippen LogP contribution in [0.3, 0.4) is 0 Å². The normalized spacial score (nSPS) is 9.80. The Hall–Kier alpha value is -0.730. The van der Waals surface area contributed by atoms with Crippen molar-refractivity contribution in [2.45, 2.75) is 13.8 Å². The van der Waals surface area contributed by atoms with Crippen LogP contribution in [-0.2, 0) is 28.5 Å². The minimum atomic E-state index is -0.262. The summed E-state index contributed by atoms with van der Waals surface area (Å²) in [5.74, 6) is -0.262. The number of carbonyl (C=O) groups is 1. The van der Waals surface area contributed by atoms with Gasteiger partial charge in [0.25, 0.3) is 0 Å². The summed E-state index contributed by atoms with van der Waals surface area (Å²) in [5.41, 5.74) is 0. The molecule has 7 nitrogen and oxygen atoms in total. The van der Waals surface area contributed by atoms with Crippen molar-refractivity contribution in [3.63, 3.8) is 0 Å². The van der Waals surface area contributed by atoms with E-state index in [9.17, 15) is 4.79 Å². The highest BCUT2D eigenvalue weighted by atomic mass is 16.6. The Morgan fingerprint density at radius 3 is 1.90 bits per heavy atom. The first kappa shape index (κ1) is 21.6. The standard InChI is InChI=1S/C8H18O4.C5H10O3/c1-2-10-5-6-12-8-7-11-4-3-9;1-5(6)8-4-3-7-2/h9H,2-8H2,1H3;3-4H2,1-2H3. The number of rotatable bonds is 12. The number of aliphatic hydroxyl groups excluding tert-OH is 1. The summed E-state index contributed by atoms with van der Waals surface area (Å²) in [6, 6.07) is 0. The van der Waals surface area contributed by atoms with Crippen LogP contribution in [0.15, 0.2) is 0 Å². The number of methoxy groups -OCH3 is 1. The van der Waals surface area contributed by atoms with E-state index in [-0.39, 0.29) is 12.6 Å². The van der Waals surface area contributed by atoms with E-state index in [0.717, 1.165) is 6.61 Å². The number of hydrogen-bond acceptors (Lipinski definition) is 7. The van der Waals surface area contributed by atoms with E-state index in [2.05, 4.69) is 9.47 Å². The molecule has 0 spiro atoms. The average molecular weight is 296 g/mol. The number of hydrogen-bond donors (Lipinski definition) is 1. The molecule has 0 bridgehead atoms. The summed E-state index contributed by atoms with van der Waals surface area (Å²) in [6.45, 7) is 7.66. The van der Waals surface area contributed by atoms with Crippen LogP contribution in [0.1, 0.15) is 13.8 Å². The fourth-order valence-electron chi connectivity index (χ4n) is 0.917. The molecule has 0 aromatic carbocycles. The Labute approximate surface area is 121 Å². The number of ether oxygens (including phenoxy) is 5. The van der Waals surface area contributed by atoms with E-state index in [1.807, 2.05) is 6.92 Å². The van der Waals surface area contributed by atoms with Gasteiger partial charge in [-0.1, -0.05) is 0 Å². The highest BCUT2D eigenvalue weighted by Crippen LogP contribution is 1.80. The third-order valence-corrected chi connectivity index (χ3v) is 1.78. The topological polar surface area (TPSA) is 83.5 Å². The Kier molecular flexibility index (Phi) is 22.2. The highest BCUT2D eigenvalue weighted by molar-refractivity contribution is 5.65. The number of carbonyl (C=O) groups excluding carboxylic acids is 1. The smallest absolute Gasteiger partial charge is 0.302 e. The maximum absolute atomic E-state index is 10.0. The van der Waals surface area contributed by atoms with Crippen LogP contribution in [0.25, 0.3) is 0 Å². The van der Waals surface area contributed by atoms with Crippen LogP contribution in [0.5, 0.6) is 0 Å². The maximum atomic E-state index is 10.0. The molecule has 0 radical (unpaired) electrons. The lowest BCUT2D eigenvalue weighted by Crippen LogP contribution is -2.10. The van der Waals surface area contributed by atoms with Crippen molar-refractivity contribution in [2.75, 3.05) is 66.6 Å². The molecule has 0 heterocycles. The lowest BCUT2D eigenvalue weighted by molar-refractivity contribution is -0.142. The molecule has 0 saturated heterocycles. The lowest BCUT2D eigenvalue weighted by atomic mass is 10.7. The lowest BCUT2D eigenvalue weighted by Gasteiger charge is -2.04. The van der Waals surface area contributed by atoms with E-state index in [1.165, 1.54) is 6.92 Å². The van der Waals surface area contributed by atoms with Gasteiger partial charge in [-0.25, -0.2) is 0 Å². The van der Waals surface area contributed by atoms with Crippen molar-refractivity contribution in [1.29, 1.82) is 0 Å². The second-order valence-electron chi connectivity index (χ2n) is 3.48. The van der Waals surface area contributed by atoms with E-state index in [4.69, 9.17) is 19.3 Å². The van der Waals surface area contributed by atoms with Crippen molar-refractivity contribution in [3.05, 3.63) is 0 Å². The molecular formula is C13H28O7. The van der Waals surface area contributed by atoms with Gasteiger partial charge in [0.1, 0.15) is 6.61 Å². The summed E-state index contributed by atoms with van der Waals surface area (Å²) in [6.07, 6.45) is 0. The van der Waals surface area contributed by atoms with Crippen LogP contribution in [0, 0.1) is 0 Å². The Bertz CT molecular complexity index is 178. The monoisotopic (exact) mass is 296 g/mol. The summed E-state index contributed by atoms with van der Waals surface area (Å²) in [7, 11) is 1.56. The molecule has 0 aliphatic rings. The van der Waals surface area contributed by atoms with Crippen molar-refractivity contribution in [2.24, 2.45) is 0 Å². The largest absolute Gasteiger partial charge is 0.463 e. The minimum Gasteiger partial charge on any atom is -0.463 e. The summed E-state index contributed by atoms with van der Waals surface area (Å²) in [5, 5.41) is 8.35. The van der Waals surface area contributed by atoms with Gasteiger partial charge in [0.05, 0.1) is 46.2 Å². The van der Waals surface area contributed by atoms with E-state index in [1.54, 1.807) is 7.11 Å². The summed E-state index contributed by atoms with van der Waals surface area (Å²) in [4.78, 5) is 10.0. The molecule has 0 rings (SSSR count). The Morgan fingerprint density at radius 2 is 1.45 bits per heavy atom. The van der Waals surface area contributed by atoms with Crippen LogP contribution < -0.4 is 0 Å². The van der Waals surface area contributed by atoms with Crippen molar-refractivity contribution in [1.82, 2.24) is 0 Å². The third kappa shape index (κ3) is 26.0. The van der Waals surface area contributed by atoms with Crippen LogP contribution in [0.4, 0.5) is 0 Å². The molecule has 0 atom stereocenters. The van der Waals surface area contributed by atoms with E-state index < -0.39 is 0 Å². The maximum Gasteiger partial charge on any atom is 0.302 e. The second-order valence-corrected chi connectivity index (χ2v) is 3.48. The second kappa shape index (κ2) is 20.6.